The van der Waals surface area contributed by atoms with Gasteiger partial charge in [0.15, 0.2) is 5.13 Å². The molecule has 0 saturated carbocycles. The molecule has 4 aromatic rings. The van der Waals surface area contributed by atoms with Crippen LogP contribution in [-0.2, 0) is 4.79 Å². The predicted molar refractivity (Wildman–Crippen MR) is 114 cm³/mol. The van der Waals surface area contributed by atoms with Crippen molar-refractivity contribution in [2.24, 2.45) is 5.10 Å². The van der Waals surface area contributed by atoms with E-state index >= 15 is 0 Å². The van der Waals surface area contributed by atoms with Gasteiger partial charge in [0.2, 0.25) is 11.1 Å². The van der Waals surface area contributed by atoms with Crippen molar-refractivity contribution in [2.75, 3.05) is 22.3 Å². The molecule has 10 nitrogen and oxygen atoms in total. The highest BCUT2D eigenvalue weighted by Gasteiger charge is 2.13. The van der Waals surface area contributed by atoms with Crippen LogP contribution in [0.2, 0.25) is 0 Å². The maximum absolute atomic E-state index is 12.2. The molecule has 0 bridgehead atoms. The fourth-order valence-corrected chi connectivity index (χ4v) is 3.88. The molecule has 148 valence electrons. The topological polar surface area (TPSA) is 136 Å². The first-order valence-corrected chi connectivity index (χ1v) is 10.2. The Labute approximate surface area is 173 Å². The maximum atomic E-state index is 12.2. The van der Waals surface area contributed by atoms with Gasteiger partial charge >= 0.3 is 0 Å². The summed E-state index contributed by atoms with van der Waals surface area (Å²) in [6, 6.07) is 11.3. The molecule has 4 N–H and O–H groups in total. The van der Waals surface area contributed by atoms with E-state index in [0.29, 0.717) is 16.0 Å². The van der Waals surface area contributed by atoms with E-state index in [1.807, 2.05) is 37.3 Å². The highest BCUT2D eigenvalue weighted by atomic mass is 32.2. The molecule has 0 radical (unpaired) electrons. The van der Waals surface area contributed by atoms with Crippen LogP contribution in [0.4, 0.5) is 11.1 Å². The number of nitrogens with one attached hydrogen (secondary N) is 2. The molecule has 1 amide bonds. The number of fused-ring (bicyclic) bond motifs is 1. The molecule has 3 aromatic heterocycles. The number of thiazole rings is 1. The second-order valence-corrected chi connectivity index (χ2v) is 7.79. The zero-order chi connectivity index (χ0) is 20.2. The van der Waals surface area contributed by atoms with Crippen LogP contribution >= 0.6 is 23.1 Å². The van der Waals surface area contributed by atoms with Gasteiger partial charge in [-0.15, -0.1) is 10.2 Å². The van der Waals surface area contributed by atoms with Crippen molar-refractivity contribution in [3.05, 3.63) is 47.9 Å². The number of carbonyl (C=O) groups is 1. The number of thioether (sulfide) groups is 1. The fraction of sp³-hybridized carbons (Fsp3) is 0.118. The number of furan rings is 1. The molecule has 0 aliphatic carbocycles. The number of aromatic nitrogens is 4. The lowest BCUT2D eigenvalue weighted by molar-refractivity contribution is -0.113. The van der Waals surface area contributed by atoms with Crippen LogP contribution in [0.5, 0.6) is 0 Å². The van der Waals surface area contributed by atoms with Crippen molar-refractivity contribution in [3.63, 3.8) is 0 Å². The molecular weight excluding hydrogens is 412 g/mol. The number of hydrazone groups is 1. The predicted octanol–water partition coefficient (Wildman–Crippen LogP) is 2.68. The molecule has 0 unspecified atom stereocenters. The van der Waals surface area contributed by atoms with E-state index in [-0.39, 0.29) is 17.6 Å². The highest BCUT2D eigenvalue weighted by Crippen LogP contribution is 2.25. The average Bonchev–Trinajstić information content (AvgIpc) is 3.39. The number of amides is 1. The summed E-state index contributed by atoms with van der Waals surface area (Å²) in [5, 5.41) is 15.6. The van der Waals surface area contributed by atoms with Crippen molar-refractivity contribution in [1.29, 1.82) is 0 Å². The van der Waals surface area contributed by atoms with Crippen LogP contribution in [0.15, 0.2) is 51.1 Å². The van der Waals surface area contributed by atoms with Crippen molar-refractivity contribution in [2.45, 2.75) is 12.1 Å². The lowest BCUT2D eigenvalue weighted by Crippen LogP contribution is -2.16. The van der Waals surface area contributed by atoms with Crippen LogP contribution in [0.25, 0.3) is 10.2 Å². The summed E-state index contributed by atoms with van der Waals surface area (Å²) in [7, 11) is 0. The molecular formula is C17H16N8O2S2. The van der Waals surface area contributed by atoms with Gasteiger partial charge in [-0.1, -0.05) is 35.2 Å². The van der Waals surface area contributed by atoms with E-state index in [1.165, 1.54) is 22.2 Å². The third kappa shape index (κ3) is 4.55. The normalized spacial score (nSPS) is 11.3. The Morgan fingerprint density at radius 3 is 3.00 bits per heavy atom. The molecule has 29 heavy (non-hydrogen) atoms. The smallest absolute Gasteiger partial charge is 0.264 e. The van der Waals surface area contributed by atoms with Crippen LogP contribution in [0.1, 0.15) is 11.5 Å². The van der Waals surface area contributed by atoms with Crippen molar-refractivity contribution >= 4 is 56.5 Å². The van der Waals surface area contributed by atoms with Gasteiger partial charge in [-0.3, -0.25) is 4.79 Å². The van der Waals surface area contributed by atoms with Gasteiger partial charge in [0, 0.05) is 0 Å². The third-order valence-corrected chi connectivity index (χ3v) is 5.55. The van der Waals surface area contributed by atoms with E-state index in [1.54, 1.807) is 6.07 Å². The number of rotatable bonds is 7. The number of benzene rings is 1. The number of nitrogen functional groups attached to an aromatic ring is 1. The van der Waals surface area contributed by atoms with Gasteiger partial charge in [0.05, 0.1) is 22.2 Å². The van der Waals surface area contributed by atoms with Crippen LogP contribution < -0.4 is 16.6 Å². The molecule has 0 atom stereocenters. The SMILES string of the molecule is Cc1ccc(/C=N/Nc2nnc(SCC(=O)Nc3nc4ccccc4s3)n2N)o1. The lowest BCUT2D eigenvalue weighted by atomic mass is 10.3. The summed E-state index contributed by atoms with van der Waals surface area (Å²) in [6.07, 6.45) is 1.50. The van der Waals surface area contributed by atoms with E-state index < -0.39 is 0 Å². The molecule has 12 heteroatoms. The summed E-state index contributed by atoms with van der Waals surface area (Å²) < 4.78 is 7.61. The number of nitrogens with two attached hydrogens (primary N) is 1. The Morgan fingerprint density at radius 1 is 1.34 bits per heavy atom. The minimum atomic E-state index is -0.210. The summed E-state index contributed by atoms with van der Waals surface area (Å²) in [6.45, 7) is 1.85. The Bertz CT molecular complexity index is 1150. The minimum absolute atomic E-state index is 0.111. The summed E-state index contributed by atoms with van der Waals surface area (Å²) in [4.78, 5) is 16.6. The average molecular weight is 429 g/mol. The van der Waals surface area contributed by atoms with Crippen molar-refractivity contribution in [1.82, 2.24) is 19.9 Å². The van der Waals surface area contributed by atoms with E-state index in [9.17, 15) is 4.79 Å². The zero-order valence-electron chi connectivity index (χ0n) is 15.2. The standard InChI is InChI=1S/C17H16N8O2S2/c1-10-6-7-11(27-10)8-19-22-15-23-24-17(25(15)18)28-9-14(26)21-16-20-12-4-2-3-5-13(12)29-16/h2-8H,9,18H2,1H3,(H,22,23)(H,20,21,26)/b19-8+. The van der Waals surface area contributed by atoms with Crippen LogP contribution in [0.3, 0.4) is 0 Å². The molecule has 0 saturated heterocycles. The minimum Gasteiger partial charge on any atom is -0.460 e. The first-order valence-electron chi connectivity index (χ1n) is 8.43. The molecule has 0 aliphatic heterocycles. The second-order valence-electron chi connectivity index (χ2n) is 5.82. The van der Waals surface area contributed by atoms with E-state index in [4.69, 9.17) is 10.3 Å². The summed E-state index contributed by atoms with van der Waals surface area (Å²) >= 11 is 2.57. The monoisotopic (exact) mass is 428 g/mol. The van der Waals surface area contributed by atoms with Crippen molar-refractivity contribution < 1.29 is 9.21 Å². The van der Waals surface area contributed by atoms with Gasteiger partial charge in [-0.05, 0) is 31.2 Å². The number of para-hydroxylation sites is 1. The lowest BCUT2D eigenvalue weighted by Gasteiger charge is -2.03. The number of nitrogens with zero attached hydrogens (tertiary/aromatic N) is 5. The molecule has 0 aliphatic rings. The third-order valence-electron chi connectivity index (χ3n) is 3.65. The van der Waals surface area contributed by atoms with Crippen LogP contribution in [-0.4, -0.2) is 37.7 Å². The highest BCUT2D eigenvalue weighted by molar-refractivity contribution is 7.99. The zero-order valence-corrected chi connectivity index (χ0v) is 16.8. The number of hydrogen-bond donors (Lipinski definition) is 3. The Balaban J connectivity index is 1.31. The molecule has 3 heterocycles. The maximum Gasteiger partial charge on any atom is 0.264 e. The van der Waals surface area contributed by atoms with Gasteiger partial charge in [-0.2, -0.15) is 5.10 Å². The Kier molecular flexibility index (Phi) is 5.44. The molecule has 0 spiro atoms. The Hall–Kier alpha value is -3.38. The van der Waals surface area contributed by atoms with Crippen molar-refractivity contribution in [3.8, 4) is 0 Å². The van der Waals surface area contributed by atoms with E-state index in [0.717, 1.165) is 27.7 Å². The van der Waals surface area contributed by atoms with Gasteiger partial charge in [-0.25, -0.2) is 15.1 Å². The largest absolute Gasteiger partial charge is 0.460 e. The fourth-order valence-electron chi connectivity index (χ4n) is 2.34. The molecule has 0 fully saturated rings. The quantitative estimate of drug-likeness (QED) is 0.177. The number of hydrogen-bond acceptors (Lipinski definition) is 10. The summed E-state index contributed by atoms with van der Waals surface area (Å²) in [5.74, 6) is 7.47. The number of anilines is 2. The second kappa shape index (κ2) is 8.32. The number of carbonyl (C=O) groups excluding carboxylic acids is 1. The first-order chi connectivity index (χ1) is 14.1. The molecule has 4 rings (SSSR count). The van der Waals surface area contributed by atoms with E-state index in [2.05, 4.69) is 31.0 Å². The van der Waals surface area contributed by atoms with Gasteiger partial charge in [0.1, 0.15) is 11.5 Å². The summed E-state index contributed by atoms with van der Waals surface area (Å²) in [5.41, 5.74) is 3.54. The Morgan fingerprint density at radius 2 is 2.21 bits per heavy atom. The van der Waals surface area contributed by atoms with Crippen LogP contribution in [0, 0.1) is 6.92 Å². The number of aryl methyl sites for hydroxylation is 1. The van der Waals surface area contributed by atoms with Gasteiger partial charge < -0.3 is 15.6 Å². The first kappa shape index (κ1) is 19.0. The molecule has 1 aromatic carbocycles. The van der Waals surface area contributed by atoms with Gasteiger partial charge in [0.25, 0.3) is 5.95 Å².